The second-order valence-electron chi connectivity index (χ2n) is 5.21. The van der Waals surface area contributed by atoms with E-state index in [0.717, 1.165) is 18.3 Å². The Morgan fingerprint density at radius 2 is 1.20 bits per heavy atom. The van der Waals surface area contributed by atoms with Gasteiger partial charge in [-0.05, 0) is 18.3 Å². The quantitative estimate of drug-likeness (QED) is 0.535. The van der Waals surface area contributed by atoms with Gasteiger partial charge in [0.25, 0.3) is 0 Å². The van der Waals surface area contributed by atoms with E-state index in [1.165, 1.54) is 44.9 Å². The van der Waals surface area contributed by atoms with Crippen molar-refractivity contribution in [2.24, 2.45) is 11.8 Å². The van der Waals surface area contributed by atoms with Crippen LogP contribution in [-0.2, 0) is 0 Å². The predicted octanol–water partition coefficient (Wildman–Crippen LogP) is 4.39. The number of aliphatic hydroxyl groups is 1. The zero-order valence-electron chi connectivity index (χ0n) is 11.0. The van der Waals surface area contributed by atoms with E-state index in [1.807, 2.05) is 0 Å². The lowest BCUT2D eigenvalue weighted by Crippen LogP contribution is -2.03. The van der Waals surface area contributed by atoms with Gasteiger partial charge in [0.05, 0.1) is 0 Å². The molecule has 0 aliphatic rings. The average Bonchev–Trinajstić information content (AvgIpc) is 2.21. The van der Waals surface area contributed by atoms with Crippen LogP contribution in [0.5, 0.6) is 0 Å². The maximum atomic E-state index is 8.62. The Morgan fingerprint density at radius 1 is 0.733 bits per heavy atom. The molecule has 0 spiro atoms. The van der Waals surface area contributed by atoms with Gasteiger partial charge in [-0.1, -0.05) is 65.7 Å². The van der Waals surface area contributed by atoms with Crippen molar-refractivity contribution < 1.29 is 5.11 Å². The Hall–Kier alpha value is -0.0400. The standard InChI is InChI=1S/C14H30O/c1-13(2)14(3)11-9-7-5-4-6-8-10-12-15/h13-15H,4-12H2,1-3H3. The van der Waals surface area contributed by atoms with Gasteiger partial charge in [-0.15, -0.1) is 0 Å². The van der Waals surface area contributed by atoms with Crippen LogP contribution in [0.15, 0.2) is 0 Å². The second-order valence-corrected chi connectivity index (χ2v) is 5.21. The molecule has 1 heteroatoms. The first-order valence-corrected chi connectivity index (χ1v) is 6.79. The van der Waals surface area contributed by atoms with E-state index in [-0.39, 0.29) is 0 Å². The number of unbranched alkanes of at least 4 members (excludes halogenated alkanes) is 6. The van der Waals surface area contributed by atoms with Gasteiger partial charge in [-0.25, -0.2) is 0 Å². The zero-order valence-corrected chi connectivity index (χ0v) is 11.0. The molecule has 1 atom stereocenters. The lowest BCUT2D eigenvalue weighted by Gasteiger charge is -2.14. The molecule has 0 amide bonds. The Labute approximate surface area is 96.3 Å². The van der Waals surface area contributed by atoms with Crippen molar-refractivity contribution in [1.29, 1.82) is 0 Å². The highest BCUT2D eigenvalue weighted by Crippen LogP contribution is 2.18. The van der Waals surface area contributed by atoms with Crippen LogP contribution in [0.25, 0.3) is 0 Å². The number of hydrogen-bond donors (Lipinski definition) is 1. The molecule has 0 saturated carbocycles. The molecule has 15 heavy (non-hydrogen) atoms. The monoisotopic (exact) mass is 214 g/mol. The van der Waals surface area contributed by atoms with Crippen LogP contribution in [0.1, 0.15) is 72.1 Å². The van der Waals surface area contributed by atoms with Crippen LogP contribution in [-0.4, -0.2) is 11.7 Å². The lowest BCUT2D eigenvalue weighted by atomic mass is 9.92. The molecule has 0 fully saturated rings. The average molecular weight is 214 g/mol. The predicted molar refractivity (Wildman–Crippen MR) is 68.0 cm³/mol. The molecule has 0 radical (unpaired) electrons. The third-order valence-electron chi connectivity index (χ3n) is 3.46. The third kappa shape index (κ3) is 10.2. The van der Waals surface area contributed by atoms with E-state index < -0.39 is 0 Å². The molecule has 1 unspecified atom stereocenters. The molecule has 0 aromatic rings. The van der Waals surface area contributed by atoms with Crippen molar-refractivity contribution in [2.75, 3.05) is 6.61 Å². The van der Waals surface area contributed by atoms with E-state index in [2.05, 4.69) is 20.8 Å². The van der Waals surface area contributed by atoms with E-state index in [4.69, 9.17) is 5.11 Å². The van der Waals surface area contributed by atoms with Crippen molar-refractivity contribution in [3.05, 3.63) is 0 Å². The zero-order chi connectivity index (χ0) is 11.5. The SMILES string of the molecule is CC(C)C(C)CCCCCCCCCO. The summed E-state index contributed by atoms with van der Waals surface area (Å²) in [4.78, 5) is 0. The van der Waals surface area contributed by atoms with Gasteiger partial charge >= 0.3 is 0 Å². The highest BCUT2D eigenvalue weighted by molar-refractivity contribution is 4.57. The summed E-state index contributed by atoms with van der Waals surface area (Å²) in [7, 11) is 0. The van der Waals surface area contributed by atoms with Crippen LogP contribution < -0.4 is 0 Å². The van der Waals surface area contributed by atoms with Crippen LogP contribution >= 0.6 is 0 Å². The minimum Gasteiger partial charge on any atom is -0.396 e. The Morgan fingerprint density at radius 3 is 1.67 bits per heavy atom. The summed E-state index contributed by atoms with van der Waals surface area (Å²) in [6, 6.07) is 0. The minimum atomic E-state index is 0.367. The van der Waals surface area contributed by atoms with Gasteiger partial charge in [0.2, 0.25) is 0 Å². The van der Waals surface area contributed by atoms with Crippen molar-refractivity contribution >= 4 is 0 Å². The van der Waals surface area contributed by atoms with Crippen molar-refractivity contribution in [2.45, 2.75) is 72.1 Å². The largest absolute Gasteiger partial charge is 0.396 e. The molecule has 1 N–H and O–H groups in total. The number of aliphatic hydroxyl groups excluding tert-OH is 1. The van der Waals surface area contributed by atoms with Crippen LogP contribution in [0.4, 0.5) is 0 Å². The Kier molecular flexibility index (Phi) is 10.4. The van der Waals surface area contributed by atoms with Gasteiger partial charge in [0.15, 0.2) is 0 Å². The van der Waals surface area contributed by atoms with Gasteiger partial charge in [0.1, 0.15) is 0 Å². The molecule has 92 valence electrons. The van der Waals surface area contributed by atoms with Crippen molar-refractivity contribution in [3.8, 4) is 0 Å². The topological polar surface area (TPSA) is 20.2 Å². The minimum absolute atomic E-state index is 0.367. The molecule has 0 aliphatic heterocycles. The number of rotatable bonds is 10. The molecule has 0 heterocycles. The lowest BCUT2D eigenvalue weighted by molar-refractivity contribution is 0.282. The molecule has 0 saturated heterocycles. The normalized spacial score (nSPS) is 13.4. The molecule has 0 bridgehead atoms. The van der Waals surface area contributed by atoms with Crippen LogP contribution in [0.3, 0.4) is 0 Å². The van der Waals surface area contributed by atoms with E-state index in [9.17, 15) is 0 Å². The van der Waals surface area contributed by atoms with E-state index in [0.29, 0.717) is 6.61 Å². The van der Waals surface area contributed by atoms with Crippen LogP contribution in [0.2, 0.25) is 0 Å². The Balaban J connectivity index is 3.05. The van der Waals surface area contributed by atoms with E-state index >= 15 is 0 Å². The van der Waals surface area contributed by atoms with Crippen molar-refractivity contribution in [3.63, 3.8) is 0 Å². The summed E-state index contributed by atoms with van der Waals surface area (Å²) < 4.78 is 0. The summed E-state index contributed by atoms with van der Waals surface area (Å²) in [6.07, 6.45) is 10.4. The molecule has 1 nitrogen and oxygen atoms in total. The van der Waals surface area contributed by atoms with Gasteiger partial charge in [0, 0.05) is 6.61 Å². The highest BCUT2D eigenvalue weighted by Gasteiger charge is 2.05. The molecular weight excluding hydrogens is 184 g/mol. The fourth-order valence-electron chi connectivity index (χ4n) is 1.80. The first kappa shape index (κ1) is 15.0. The fraction of sp³-hybridized carbons (Fsp3) is 1.00. The summed E-state index contributed by atoms with van der Waals surface area (Å²) in [5.41, 5.74) is 0. The molecular formula is C14H30O. The summed E-state index contributed by atoms with van der Waals surface area (Å²) in [5.74, 6) is 1.73. The first-order chi connectivity index (χ1) is 7.18. The maximum Gasteiger partial charge on any atom is 0.0431 e. The highest BCUT2D eigenvalue weighted by atomic mass is 16.2. The van der Waals surface area contributed by atoms with Crippen molar-refractivity contribution in [1.82, 2.24) is 0 Å². The van der Waals surface area contributed by atoms with Gasteiger partial charge in [-0.2, -0.15) is 0 Å². The molecule has 0 aromatic heterocycles. The molecule has 0 aliphatic carbocycles. The third-order valence-corrected chi connectivity index (χ3v) is 3.46. The molecule has 0 rings (SSSR count). The van der Waals surface area contributed by atoms with Crippen LogP contribution in [0, 0.1) is 11.8 Å². The fourth-order valence-corrected chi connectivity index (χ4v) is 1.80. The summed E-state index contributed by atoms with van der Waals surface area (Å²) in [6.45, 7) is 7.37. The summed E-state index contributed by atoms with van der Waals surface area (Å²) >= 11 is 0. The number of hydrogen-bond acceptors (Lipinski definition) is 1. The Bertz CT molecular complexity index is 121. The summed E-state index contributed by atoms with van der Waals surface area (Å²) in [5, 5.41) is 8.62. The van der Waals surface area contributed by atoms with Gasteiger partial charge < -0.3 is 5.11 Å². The first-order valence-electron chi connectivity index (χ1n) is 6.79. The smallest absolute Gasteiger partial charge is 0.0431 e. The van der Waals surface area contributed by atoms with Gasteiger partial charge in [-0.3, -0.25) is 0 Å². The second kappa shape index (κ2) is 10.5. The maximum absolute atomic E-state index is 8.62. The molecule has 0 aromatic carbocycles. The van der Waals surface area contributed by atoms with E-state index in [1.54, 1.807) is 0 Å².